The molecule has 1 aromatic rings. The van der Waals surface area contributed by atoms with Gasteiger partial charge in [0.2, 0.25) is 5.91 Å². The first-order chi connectivity index (χ1) is 9.93. The van der Waals surface area contributed by atoms with Crippen molar-refractivity contribution in [3.8, 4) is 5.75 Å². The Balaban J connectivity index is 2.24. The van der Waals surface area contributed by atoms with Crippen LogP contribution in [0.25, 0.3) is 0 Å². The molecule has 0 spiro atoms. The van der Waals surface area contributed by atoms with Crippen molar-refractivity contribution in [1.82, 2.24) is 0 Å². The number of rotatable bonds is 7. The van der Waals surface area contributed by atoms with Crippen molar-refractivity contribution >= 4 is 5.91 Å². The number of hydrogen-bond acceptors (Lipinski definition) is 3. The number of ether oxygens (including phenoxy) is 2. The summed E-state index contributed by atoms with van der Waals surface area (Å²) in [5, 5.41) is 0. The molecule has 1 aromatic carbocycles. The molecule has 1 aliphatic rings. The van der Waals surface area contributed by atoms with Gasteiger partial charge in [0.05, 0.1) is 6.61 Å². The van der Waals surface area contributed by atoms with Crippen molar-refractivity contribution in [3.63, 3.8) is 0 Å². The van der Waals surface area contributed by atoms with Crippen LogP contribution in [0.3, 0.4) is 0 Å². The van der Waals surface area contributed by atoms with E-state index in [1.807, 2.05) is 20.8 Å². The molecule has 0 aromatic heterocycles. The summed E-state index contributed by atoms with van der Waals surface area (Å²) in [6, 6.07) is 4.11. The van der Waals surface area contributed by atoms with Crippen molar-refractivity contribution in [1.29, 1.82) is 0 Å². The normalized spacial score (nSPS) is 18.1. The van der Waals surface area contributed by atoms with Crippen molar-refractivity contribution in [2.24, 2.45) is 5.73 Å². The van der Waals surface area contributed by atoms with E-state index < -0.39 is 5.91 Å². The van der Waals surface area contributed by atoms with E-state index in [0.29, 0.717) is 12.2 Å². The Labute approximate surface area is 125 Å². The van der Waals surface area contributed by atoms with E-state index in [2.05, 4.69) is 18.7 Å². The summed E-state index contributed by atoms with van der Waals surface area (Å²) >= 11 is 0. The molecule has 2 rings (SSSR count). The van der Waals surface area contributed by atoms with Crippen LogP contribution in [0.2, 0.25) is 0 Å². The number of carbonyl (C=O) groups is 1. The van der Waals surface area contributed by atoms with Crippen molar-refractivity contribution in [2.45, 2.75) is 39.2 Å². The Morgan fingerprint density at radius 1 is 1.48 bits per heavy atom. The zero-order valence-corrected chi connectivity index (χ0v) is 12.9. The van der Waals surface area contributed by atoms with Gasteiger partial charge in [0, 0.05) is 11.5 Å². The fourth-order valence-electron chi connectivity index (χ4n) is 2.61. The lowest BCUT2D eigenvalue weighted by molar-refractivity contribution is -0.114. The number of carbonyl (C=O) groups excluding carboxylic acids is 1. The maximum absolute atomic E-state index is 11.4. The maximum atomic E-state index is 11.4. The van der Waals surface area contributed by atoms with Crippen LogP contribution >= 0.6 is 0 Å². The van der Waals surface area contributed by atoms with Gasteiger partial charge < -0.3 is 15.2 Å². The van der Waals surface area contributed by atoms with E-state index in [1.165, 1.54) is 0 Å². The third-order valence-electron chi connectivity index (χ3n) is 3.85. The minimum Gasteiger partial charge on any atom is -0.490 e. The zero-order chi connectivity index (χ0) is 15.6. The lowest BCUT2D eigenvalue weighted by Crippen LogP contribution is -2.18. The van der Waals surface area contributed by atoms with Gasteiger partial charge in [-0.3, -0.25) is 4.79 Å². The highest BCUT2D eigenvalue weighted by Crippen LogP contribution is 2.33. The van der Waals surface area contributed by atoms with Crippen LogP contribution in [0.15, 0.2) is 24.3 Å². The lowest BCUT2D eigenvalue weighted by Gasteiger charge is -2.20. The van der Waals surface area contributed by atoms with Crippen LogP contribution in [0.1, 0.15) is 36.0 Å². The second-order valence-electron chi connectivity index (χ2n) is 5.60. The monoisotopic (exact) mass is 289 g/mol. The molecule has 0 aliphatic carbocycles. The molecule has 0 bridgehead atoms. The molecule has 2 atom stereocenters. The minimum absolute atomic E-state index is 0.0410. The minimum atomic E-state index is -0.441. The van der Waals surface area contributed by atoms with Crippen LogP contribution in [0.4, 0.5) is 0 Å². The summed E-state index contributed by atoms with van der Waals surface area (Å²) in [6.45, 7) is 11.3. The fraction of sp³-hybridized carbons (Fsp3) is 0.471. The summed E-state index contributed by atoms with van der Waals surface area (Å²) in [5.74, 6) is 0.415. The first kappa shape index (κ1) is 15.6. The van der Waals surface area contributed by atoms with E-state index in [4.69, 9.17) is 15.2 Å². The molecule has 1 saturated heterocycles. The number of primary amides is 1. The van der Waals surface area contributed by atoms with Gasteiger partial charge in [-0.15, -0.1) is 0 Å². The molecule has 4 heteroatoms. The molecule has 0 radical (unpaired) electrons. The van der Waals surface area contributed by atoms with Gasteiger partial charge in [0.1, 0.15) is 18.5 Å². The molecule has 1 heterocycles. The van der Waals surface area contributed by atoms with E-state index >= 15 is 0 Å². The Morgan fingerprint density at radius 3 is 2.48 bits per heavy atom. The van der Waals surface area contributed by atoms with Gasteiger partial charge in [0.15, 0.2) is 0 Å². The number of benzene rings is 1. The number of nitrogens with two attached hydrogens (primary N) is 1. The summed E-state index contributed by atoms with van der Waals surface area (Å²) < 4.78 is 11.0. The third-order valence-corrected chi connectivity index (χ3v) is 3.85. The van der Waals surface area contributed by atoms with E-state index in [0.717, 1.165) is 35.5 Å². The first-order valence-electron chi connectivity index (χ1n) is 7.28. The Kier molecular flexibility index (Phi) is 4.68. The first-order valence-corrected chi connectivity index (χ1v) is 7.28. The molecular formula is C17H23NO3. The summed E-state index contributed by atoms with van der Waals surface area (Å²) in [7, 11) is 0. The number of epoxide rings is 1. The van der Waals surface area contributed by atoms with Crippen LogP contribution in [-0.2, 0) is 9.53 Å². The second-order valence-corrected chi connectivity index (χ2v) is 5.60. The molecule has 1 fully saturated rings. The summed E-state index contributed by atoms with van der Waals surface area (Å²) in [5.41, 5.74) is 9.00. The molecule has 1 amide bonds. The van der Waals surface area contributed by atoms with Gasteiger partial charge in [-0.2, -0.15) is 0 Å². The summed E-state index contributed by atoms with van der Waals surface area (Å²) in [4.78, 5) is 11.4. The predicted octanol–water partition coefficient (Wildman–Crippen LogP) is 2.62. The van der Waals surface area contributed by atoms with Gasteiger partial charge in [-0.25, -0.2) is 0 Å². The van der Waals surface area contributed by atoms with E-state index in [9.17, 15) is 4.79 Å². The molecule has 4 nitrogen and oxygen atoms in total. The molecule has 21 heavy (non-hydrogen) atoms. The van der Waals surface area contributed by atoms with Crippen LogP contribution < -0.4 is 10.5 Å². The van der Waals surface area contributed by atoms with E-state index in [-0.39, 0.29) is 12.0 Å². The molecule has 1 aliphatic heterocycles. The second kappa shape index (κ2) is 6.31. The van der Waals surface area contributed by atoms with Gasteiger partial charge in [0.25, 0.3) is 0 Å². The Morgan fingerprint density at radius 2 is 2.05 bits per heavy atom. The van der Waals surface area contributed by atoms with Crippen molar-refractivity contribution in [3.05, 3.63) is 41.0 Å². The largest absolute Gasteiger partial charge is 0.490 e. The average Bonchev–Trinajstić information content (AvgIpc) is 3.22. The highest BCUT2D eigenvalue weighted by atomic mass is 16.6. The average molecular weight is 289 g/mol. The highest BCUT2D eigenvalue weighted by Gasteiger charge is 2.24. The predicted molar refractivity (Wildman–Crippen MR) is 82.5 cm³/mol. The third kappa shape index (κ3) is 3.64. The number of aryl methyl sites for hydroxylation is 2. The summed E-state index contributed by atoms with van der Waals surface area (Å²) in [6.07, 6.45) is 1.03. The zero-order valence-electron chi connectivity index (χ0n) is 12.9. The van der Waals surface area contributed by atoms with Crippen LogP contribution in [0.5, 0.6) is 5.75 Å². The molecule has 114 valence electrons. The smallest absolute Gasteiger partial charge is 0.244 e. The molecule has 2 unspecified atom stereocenters. The van der Waals surface area contributed by atoms with Crippen LogP contribution in [-0.4, -0.2) is 25.2 Å². The van der Waals surface area contributed by atoms with Crippen LogP contribution in [0, 0.1) is 13.8 Å². The molecule has 2 N–H and O–H groups in total. The van der Waals surface area contributed by atoms with E-state index in [1.54, 1.807) is 0 Å². The molecule has 0 saturated carbocycles. The Bertz CT molecular complexity index is 538. The number of hydrogen-bond donors (Lipinski definition) is 1. The highest BCUT2D eigenvalue weighted by molar-refractivity contribution is 5.92. The maximum Gasteiger partial charge on any atom is 0.244 e. The topological polar surface area (TPSA) is 64.9 Å². The van der Waals surface area contributed by atoms with Gasteiger partial charge in [-0.05, 0) is 37.0 Å². The molecular weight excluding hydrogens is 266 g/mol. The quantitative estimate of drug-likeness (QED) is 0.620. The van der Waals surface area contributed by atoms with Gasteiger partial charge >= 0.3 is 0 Å². The van der Waals surface area contributed by atoms with Crippen molar-refractivity contribution in [2.75, 3.05) is 13.2 Å². The number of amides is 1. The van der Waals surface area contributed by atoms with Crippen molar-refractivity contribution < 1.29 is 14.3 Å². The Hall–Kier alpha value is -1.81. The SMILES string of the molecule is C=C(C(N)=O)C(CC)c1cc(C)c(OCC2CO2)c(C)c1. The fourth-order valence-corrected chi connectivity index (χ4v) is 2.61. The standard InChI is InChI=1S/C17H23NO3/c1-5-15(12(4)17(18)19)13-6-10(2)16(11(3)7-13)21-9-14-8-20-14/h6-7,14-15H,4-5,8-9H2,1-3H3,(H2,18,19). The lowest BCUT2D eigenvalue weighted by atomic mass is 9.87. The van der Waals surface area contributed by atoms with Gasteiger partial charge in [-0.1, -0.05) is 25.6 Å².